The summed E-state index contributed by atoms with van der Waals surface area (Å²) in [6.45, 7) is 5.78. The summed E-state index contributed by atoms with van der Waals surface area (Å²) in [5.74, 6) is -0.361. The van der Waals surface area contributed by atoms with Gasteiger partial charge in [0.05, 0.1) is 0 Å². The van der Waals surface area contributed by atoms with E-state index in [9.17, 15) is 21.6 Å². The third-order valence-electron chi connectivity index (χ3n) is 4.09. The molecule has 3 aromatic rings. The van der Waals surface area contributed by atoms with E-state index >= 15 is 0 Å². The third-order valence-corrected chi connectivity index (χ3v) is 5.07. The Morgan fingerprint density at radius 2 is 1.06 bits per heavy atom. The standard InChI is InChI=1S/C12H10.C11H13F3O3S.HI/c1-3-7-11(8-4-1)12-9-5-2-6-10-12;1-10(2,3)8-4-6-9(7-5-8)17-18(15,16)11(12,13)14;/h1-10H;4-7H,1-3H3;1H. The molecule has 0 saturated heterocycles. The van der Waals surface area contributed by atoms with Crippen molar-refractivity contribution in [2.45, 2.75) is 31.7 Å². The minimum Gasteiger partial charge on any atom is -0.376 e. The molecular weight excluding hydrogens is 540 g/mol. The highest BCUT2D eigenvalue weighted by molar-refractivity contribution is 14.0. The summed E-state index contributed by atoms with van der Waals surface area (Å²) < 4.78 is 61.7. The third kappa shape index (κ3) is 8.17. The monoisotopic (exact) mass is 564 g/mol. The predicted molar refractivity (Wildman–Crippen MR) is 128 cm³/mol. The van der Waals surface area contributed by atoms with Gasteiger partial charge in [-0.1, -0.05) is 93.6 Å². The van der Waals surface area contributed by atoms with E-state index in [0.29, 0.717) is 0 Å². The van der Waals surface area contributed by atoms with Gasteiger partial charge in [-0.2, -0.15) is 21.6 Å². The maximum atomic E-state index is 12.1. The lowest BCUT2D eigenvalue weighted by Crippen LogP contribution is -2.28. The molecular formula is C23H24F3IO3S. The minimum absolute atomic E-state index is 0. The number of hydrogen-bond acceptors (Lipinski definition) is 3. The van der Waals surface area contributed by atoms with Crippen molar-refractivity contribution in [3.63, 3.8) is 0 Å². The van der Waals surface area contributed by atoms with Gasteiger partial charge in [0.2, 0.25) is 0 Å². The summed E-state index contributed by atoms with van der Waals surface area (Å²) in [6, 6.07) is 26.2. The van der Waals surface area contributed by atoms with Gasteiger partial charge < -0.3 is 4.18 Å². The highest BCUT2D eigenvalue weighted by Gasteiger charge is 2.48. The second-order valence-corrected chi connectivity index (χ2v) is 9.03. The lowest BCUT2D eigenvalue weighted by molar-refractivity contribution is -0.0500. The molecule has 3 rings (SSSR count). The topological polar surface area (TPSA) is 43.4 Å². The molecule has 0 saturated carbocycles. The first-order valence-electron chi connectivity index (χ1n) is 9.12. The van der Waals surface area contributed by atoms with Gasteiger partial charge in [-0.15, -0.1) is 24.0 Å². The van der Waals surface area contributed by atoms with Gasteiger partial charge in [0.25, 0.3) is 0 Å². The Labute approximate surface area is 198 Å². The fourth-order valence-electron chi connectivity index (χ4n) is 2.45. The zero-order valence-electron chi connectivity index (χ0n) is 17.3. The zero-order chi connectivity index (χ0) is 22.4. The molecule has 0 aromatic heterocycles. The van der Waals surface area contributed by atoms with Crippen LogP contribution in [0, 0.1) is 0 Å². The SMILES string of the molecule is CC(C)(C)c1ccc(OS(=O)(=O)C(F)(F)F)cc1.I.c1ccc(-c2ccccc2)cc1. The minimum atomic E-state index is -5.60. The first-order chi connectivity index (χ1) is 13.9. The fourth-order valence-corrected chi connectivity index (χ4v) is 2.90. The molecule has 0 fully saturated rings. The molecule has 0 heterocycles. The largest absolute Gasteiger partial charge is 0.534 e. The van der Waals surface area contributed by atoms with Crippen LogP contribution >= 0.6 is 24.0 Å². The van der Waals surface area contributed by atoms with E-state index in [4.69, 9.17) is 0 Å². The van der Waals surface area contributed by atoms with Crippen LogP contribution in [0.3, 0.4) is 0 Å². The number of alkyl halides is 3. The Morgan fingerprint density at radius 3 is 1.39 bits per heavy atom. The maximum absolute atomic E-state index is 12.1. The van der Waals surface area contributed by atoms with Crippen molar-refractivity contribution in [1.82, 2.24) is 0 Å². The van der Waals surface area contributed by atoms with Crippen LogP contribution in [0.5, 0.6) is 5.75 Å². The molecule has 0 spiro atoms. The van der Waals surface area contributed by atoms with Crippen molar-refractivity contribution in [2.24, 2.45) is 0 Å². The first kappa shape index (κ1) is 27.0. The van der Waals surface area contributed by atoms with Crippen LogP contribution in [-0.2, 0) is 15.5 Å². The number of rotatable bonds is 3. The summed E-state index contributed by atoms with van der Waals surface area (Å²) in [5.41, 5.74) is -2.19. The summed E-state index contributed by atoms with van der Waals surface area (Å²) in [6.07, 6.45) is 0. The summed E-state index contributed by atoms with van der Waals surface area (Å²) in [7, 11) is -5.60. The van der Waals surface area contributed by atoms with Crippen LogP contribution in [0.4, 0.5) is 13.2 Å². The normalized spacial score (nSPS) is 11.5. The van der Waals surface area contributed by atoms with Gasteiger partial charge in [-0.3, -0.25) is 0 Å². The van der Waals surface area contributed by atoms with E-state index in [1.54, 1.807) is 0 Å². The van der Waals surface area contributed by atoms with Crippen LogP contribution in [-0.4, -0.2) is 13.9 Å². The molecule has 0 amide bonds. The molecule has 0 bridgehead atoms. The average Bonchev–Trinajstić information content (AvgIpc) is 2.68. The highest BCUT2D eigenvalue weighted by Crippen LogP contribution is 2.29. The van der Waals surface area contributed by atoms with Gasteiger partial charge in [-0.25, -0.2) is 0 Å². The van der Waals surface area contributed by atoms with Crippen LogP contribution in [0.2, 0.25) is 0 Å². The second-order valence-electron chi connectivity index (χ2n) is 7.49. The Balaban J connectivity index is 0.000000321. The highest BCUT2D eigenvalue weighted by atomic mass is 127. The summed E-state index contributed by atoms with van der Waals surface area (Å²) in [5, 5.41) is 0. The molecule has 0 atom stereocenters. The molecule has 0 unspecified atom stereocenters. The molecule has 0 aliphatic carbocycles. The van der Waals surface area contributed by atoms with Crippen LogP contribution in [0.1, 0.15) is 26.3 Å². The van der Waals surface area contributed by atoms with Gasteiger partial charge in [-0.05, 0) is 34.2 Å². The Bertz CT molecular complexity index is 992. The molecule has 0 aliphatic heterocycles. The molecule has 3 nitrogen and oxygen atoms in total. The smallest absolute Gasteiger partial charge is 0.376 e. The number of halogens is 4. The molecule has 0 N–H and O–H groups in total. The quantitative estimate of drug-likeness (QED) is 0.192. The number of hydrogen-bond donors (Lipinski definition) is 0. The van der Waals surface area contributed by atoms with Gasteiger partial charge >= 0.3 is 15.6 Å². The van der Waals surface area contributed by atoms with Crippen molar-refractivity contribution in [2.75, 3.05) is 0 Å². The fraction of sp³-hybridized carbons (Fsp3) is 0.217. The van der Waals surface area contributed by atoms with Crippen molar-refractivity contribution < 1.29 is 25.8 Å². The molecule has 168 valence electrons. The van der Waals surface area contributed by atoms with Crippen LogP contribution in [0.15, 0.2) is 84.9 Å². The summed E-state index contributed by atoms with van der Waals surface area (Å²) in [4.78, 5) is 0. The first-order valence-corrected chi connectivity index (χ1v) is 10.5. The van der Waals surface area contributed by atoms with Crippen molar-refractivity contribution in [3.05, 3.63) is 90.5 Å². The zero-order valence-corrected chi connectivity index (χ0v) is 20.4. The number of benzene rings is 3. The maximum Gasteiger partial charge on any atom is 0.534 e. The Morgan fingerprint density at radius 1 is 0.677 bits per heavy atom. The Hall–Kier alpha value is -2.07. The summed E-state index contributed by atoms with van der Waals surface area (Å²) >= 11 is 0. The average molecular weight is 564 g/mol. The van der Waals surface area contributed by atoms with Crippen molar-refractivity contribution in [3.8, 4) is 16.9 Å². The van der Waals surface area contributed by atoms with Crippen LogP contribution < -0.4 is 4.18 Å². The van der Waals surface area contributed by atoms with Gasteiger partial charge in [0.15, 0.2) is 0 Å². The van der Waals surface area contributed by atoms with Crippen molar-refractivity contribution >= 4 is 34.1 Å². The van der Waals surface area contributed by atoms with Gasteiger partial charge in [0, 0.05) is 0 Å². The predicted octanol–water partition coefficient (Wildman–Crippen LogP) is 7.18. The van der Waals surface area contributed by atoms with Crippen LogP contribution in [0.25, 0.3) is 11.1 Å². The van der Waals surface area contributed by atoms with Gasteiger partial charge in [0.1, 0.15) is 5.75 Å². The molecule has 0 aliphatic rings. The van der Waals surface area contributed by atoms with E-state index in [-0.39, 0.29) is 35.1 Å². The van der Waals surface area contributed by atoms with Crippen molar-refractivity contribution in [1.29, 1.82) is 0 Å². The molecule has 3 aromatic carbocycles. The Kier molecular flexibility index (Phi) is 9.56. The molecule has 31 heavy (non-hydrogen) atoms. The van der Waals surface area contributed by atoms with E-state index in [1.807, 2.05) is 32.9 Å². The van der Waals surface area contributed by atoms with E-state index < -0.39 is 15.6 Å². The van der Waals surface area contributed by atoms with E-state index in [2.05, 4.69) is 52.7 Å². The lowest BCUT2D eigenvalue weighted by Gasteiger charge is -2.19. The van der Waals surface area contributed by atoms with E-state index in [0.717, 1.165) is 5.56 Å². The molecule has 0 radical (unpaired) electrons. The lowest BCUT2D eigenvalue weighted by atomic mass is 9.87. The second kappa shape index (κ2) is 11.0. The molecule has 8 heteroatoms. The van der Waals surface area contributed by atoms with E-state index in [1.165, 1.54) is 35.4 Å².